The summed E-state index contributed by atoms with van der Waals surface area (Å²) in [5.41, 5.74) is 0. The molecule has 4 heteroatoms. The van der Waals surface area contributed by atoms with Gasteiger partial charge in [-0.15, -0.1) is 0 Å². The summed E-state index contributed by atoms with van der Waals surface area (Å²) < 4.78 is 0. The highest BCUT2D eigenvalue weighted by molar-refractivity contribution is 4.78. The number of aliphatic hydroxyl groups is 2. The van der Waals surface area contributed by atoms with Gasteiger partial charge in [0.05, 0.1) is 6.61 Å². The summed E-state index contributed by atoms with van der Waals surface area (Å²) in [6, 6.07) is 0.523. The zero-order valence-electron chi connectivity index (χ0n) is 9.02. The zero-order chi connectivity index (χ0) is 10.4. The summed E-state index contributed by atoms with van der Waals surface area (Å²) in [5, 5.41) is 17.6. The average Bonchev–Trinajstić information content (AvgIpc) is 2.19. The maximum atomic E-state index is 8.86. The van der Waals surface area contributed by atoms with E-state index in [4.69, 9.17) is 10.2 Å². The number of rotatable bonds is 5. The zero-order valence-corrected chi connectivity index (χ0v) is 9.02. The van der Waals surface area contributed by atoms with Crippen molar-refractivity contribution in [2.75, 3.05) is 45.9 Å². The molecule has 0 aromatic rings. The minimum Gasteiger partial charge on any atom is -0.396 e. The van der Waals surface area contributed by atoms with Gasteiger partial charge in [0, 0.05) is 45.4 Å². The predicted octanol–water partition coefficient (Wildman–Crippen LogP) is -0.633. The first-order chi connectivity index (χ1) is 6.77. The van der Waals surface area contributed by atoms with E-state index in [2.05, 4.69) is 16.7 Å². The van der Waals surface area contributed by atoms with Crippen LogP contribution in [0.5, 0.6) is 0 Å². The molecule has 0 saturated carbocycles. The Labute approximate surface area is 86.1 Å². The quantitative estimate of drug-likeness (QED) is 0.623. The number of nitrogens with zero attached hydrogens (tertiary/aromatic N) is 2. The summed E-state index contributed by atoms with van der Waals surface area (Å²) in [7, 11) is 0. The molecular formula is C10H22N2O2. The van der Waals surface area contributed by atoms with Gasteiger partial charge < -0.3 is 15.1 Å². The fraction of sp³-hybridized carbons (Fsp3) is 1.00. The molecule has 0 spiro atoms. The Hall–Kier alpha value is -0.160. The first kappa shape index (κ1) is 11.9. The van der Waals surface area contributed by atoms with Crippen molar-refractivity contribution in [3.05, 3.63) is 0 Å². The van der Waals surface area contributed by atoms with Crippen LogP contribution in [0.4, 0.5) is 0 Å². The summed E-state index contributed by atoms with van der Waals surface area (Å²) in [4.78, 5) is 4.70. The molecule has 2 N–H and O–H groups in total. The van der Waals surface area contributed by atoms with Gasteiger partial charge in [0.1, 0.15) is 0 Å². The van der Waals surface area contributed by atoms with Crippen LogP contribution in [0, 0.1) is 0 Å². The van der Waals surface area contributed by atoms with E-state index in [0.717, 1.165) is 39.1 Å². The summed E-state index contributed by atoms with van der Waals surface area (Å²) >= 11 is 0. The topological polar surface area (TPSA) is 46.9 Å². The molecule has 0 amide bonds. The van der Waals surface area contributed by atoms with E-state index < -0.39 is 0 Å². The van der Waals surface area contributed by atoms with Gasteiger partial charge in [0.25, 0.3) is 0 Å². The van der Waals surface area contributed by atoms with E-state index in [9.17, 15) is 0 Å². The highest BCUT2D eigenvalue weighted by atomic mass is 16.3. The second-order valence-corrected chi connectivity index (χ2v) is 3.99. The van der Waals surface area contributed by atoms with Crippen LogP contribution in [-0.2, 0) is 0 Å². The molecule has 0 aromatic carbocycles. The lowest BCUT2D eigenvalue weighted by Gasteiger charge is -2.39. The molecule has 0 aliphatic carbocycles. The van der Waals surface area contributed by atoms with Crippen molar-refractivity contribution in [3.8, 4) is 0 Å². The fourth-order valence-electron chi connectivity index (χ4n) is 2.03. The Morgan fingerprint density at radius 2 is 1.93 bits per heavy atom. The van der Waals surface area contributed by atoms with Crippen LogP contribution in [0.2, 0.25) is 0 Å². The van der Waals surface area contributed by atoms with Gasteiger partial charge in [-0.2, -0.15) is 0 Å². The normalized spacial score (nSPS) is 25.5. The smallest absolute Gasteiger partial charge is 0.0558 e. The SMILES string of the molecule is CC1CN(CCCO)CCN1CCO. The molecule has 1 aliphatic heterocycles. The van der Waals surface area contributed by atoms with Crippen molar-refractivity contribution in [2.45, 2.75) is 19.4 Å². The van der Waals surface area contributed by atoms with Gasteiger partial charge in [0.15, 0.2) is 0 Å². The van der Waals surface area contributed by atoms with Gasteiger partial charge in [-0.3, -0.25) is 4.90 Å². The lowest BCUT2D eigenvalue weighted by atomic mass is 10.2. The Bertz CT molecular complexity index is 155. The first-order valence-corrected chi connectivity index (χ1v) is 5.46. The van der Waals surface area contributed by atoms with Crippen LogP contribution < -0.4 is 0 Å². The maximum Gasteiger partial charge on any atom is 0.0558 e. The van der Waals surface area contributed by atoms with Crippen molar-refractivity contribution in [3.63, 3.8) is 0 Å². The van der Waals surface area contributed by atoms with Crippen molar-refractivity contribution < 1.29 is 10.2 Å². The Kier molecular flexibility index (Phi) is 5.40. The second kappa shape index (κ2) is 6.35. The van der Waals surface area contributed by atoms with E-state index in [1.807, 2.05) is 0 Å². The molecule has 1 atom stereocenters. The molecule has 1 aliphatic rings. The third kappa shape index (κ3) is 3.53. The highest BCUT2D eigenvalue weighted by Crippen LogP contribution is 2.08. The van der Waals surface area contributed by atoms with E-state index in [-0.39, 0.29) is 13.2 Å². The summed E-state index contributed by atoms with van der Waals surface area (Å²) in [6.45, 7) is 7.66. The van der Waals surface area contributed by atoms with Gasteiger partial charge >= 0.3 is 0 Å². The Morgan fingerprint density at radius 1 is 1.14 bits per heavy atom. The molecule has 1 saturated heterocycles. The summed E-state index contributed by atoms with van der Waals surface area (Å²) in [5.74, 6) is 0. The van der Waals surface area contributed by atoms with E-state index >= 15 is 0 Å². The molecule has 1 heterocycles. The van der Waals surface area contributed by atoms with E-state index in [1.54, 1.807) is 0 Å². The van der Waals surface area contributed by atoms with Crippen molar-refractivity contribution in [1.82, 2.24) is 9.80 Å². The van der Waals surface area contributed by atoms with E-state index in [1.165, 1.54) is 0 Å². The third-order valence-electron chi connectivity index (χ3n) is 2.87. The second-order valence-electron chi connectivity index (χ2n) is 3.99. The Morgan fingerprint density at radius 3 is 2.50 bits per heavy atom. The maximum absolute atomic E-state index is 8.86. The first-order valence-electron chi connectivity index (χ1n) is 5.46. The van der Waals surface area contributed by atoms with Crippen LogP contribution in [0.25, 0.3) is 0 Å². The molecule has 1 unspecified atom stereocenters. The summed E-state index contributed by atoms with van der Waals surface area (Å²) in [6.07, 6.45) is 0.868. The molecule has 0 radical (unpaired) electrons. The van der Waals surface area contributed by atoms with Gasteiger partial charge in [-0.05, 0) is 13.3 Å². The fourth-order valence-corrected chi connectivity index (χ4v) is 2.03. The molecule has 14 heavy (non-hydrogen) atoms. The van der Waals surface area contributed by atoms with Crippen LogP contribution in [0.1, 0.15) is 13.3 Å². The van der Waals surface area contributed by atoms with Crippen LogP contribution in [0.3, 0.4) is 0 Å². The molecule has 1 rings (SSSR count). The van der Waals surface area contributed by atoms with E-state index in [0.29, 0.717) is 6.04 Å². The highest BCUT2D eigenvalue weighted by Gasteiger charge is 2.22. The molecule has 0 aromatic heterocycles. The lowest BCUT2D eigenvalue weighted by molar-refractivity contribution is 0.0653. The molecule has 4 nitrogen and oxygen atoms in total. The average molecular weight is 202 g/mol. The van der Waals surface area contributed by atoms with Gasteiger partial charge in [-0.1, -0.05) is 0 Å². The van der Waals surface area contributed by atoms with Crippen molar-refractivity contribution in [1.29, 1.82) is 0 Å². The standard InChI is InChI=1S/C10H22N2O2/c1-10-9-11(3-2-7-13)4-5-12(10)6-8-14/h10,13-14H,2-9H2,1H3. The van der Waals surface area contributed by atoms with Crippen LogP contribution >= 0.6 is 0 Å². The van der Waals surface area contributed by atoms with Gasteiger partial charge in [-0.25, -0.2) is 0 Å². The number of piperazine rings is 1. The largest absolute Gasteiger partial charge is 0.396 e. The predicted molar refractivity (Wildman–Crippen MR) is 56.3 cm³/mol. The van der Waals surface area contributed by atoms with Crippen LogP contribution in [-0.4, -0.2) is 72.0 Å². The number of β-amino-alcohol motifs (C(OH)–C–C–N with tert-alkyl or cyclic N) is 1. The van der Waals surface area contributed by atoms with Crippen molar-refractivity contribution in [2.24, 2.45) is 0 Å². The van der Waals surface area contributed by atoms with Gasteiger partial charge in [0.2, 0.25) is 0 Å². The third-order valence-corrected chi connectivity index (χ3v) is 2.87. The lowest BCUT2D eigenvalue weighted by Crippen LogP contribution is -2.52. The van der Waals surface area contributed by atoms with Crippen LogP contribution in [0.15, 0.2) is 0 Å². The molecule has 84 valence electrons. The minimum atomic E-state index is 0.251. The number of aliphatic hydroxyl groups excluding tert-OH is 2. The monoisotopic (exact) mass is 202 g/mol. The minimum absolute atomic E-state index is 0.251. The number of hydrogen-bond donors (Lipinski definition) is 2. The van der Waals surface area contributed by atoms with Crippen molar-refractivity contribution >= 4 is 0 Å². The molecular weight excluding hydrogens is 180 g/mol. The molecule has 0 bridgehead atoms. The Balaban J connectivity index is 2.24. The molecule has 1 fully saturated rings. The number of hydrogen-bond acceptors (Lipinski definition) is 4.